The molecular weight excluding hydrogens is 347 g/mol. The quantitative estimate of drug-likeness (QED) is 0.771. The van der Waals surface area contributed by atoms with Crippen molar-refractivity contribution in [3.63, 3.8) is 0 Å². The second-order valence-corrected chi connectivity index (χ2v) is 5.94. The maximum atomic E-state index is 12.5. The molecule has 5 N–H and O–H groups in total. The predicted molar refractivity (Wildman–Crippen MR) is 100 cm³/mol. The Kier molecular flexibility index (Phi) is 6.60. The number of carbonyl (C=O) groups is 1. The molecule has 1 amide bonds. The number of benzene rings is 1. The molecule has 0 saturated carbocycles. The Balaban J connectivity index is 0.00000144. The van der Waals surface area contributed by atoms with E-state index in [1.165, 1.54) is 0 Å². The molecule has 7 heteroatoms. The van der Waals surface area contributed by atoms with Crippen LogP contribution < -0.4 is 16.8 Å². The number of amides is 1. The van der Waals surface area contributed by atoms with Gasteiger partial charge in [-0.25, -0.2) is 4.98 Å². The van der Waals surface area contributed by atoms with Gasteiger partial charge in [-0.2, -0.15) is 0 Å². The first kappa shape index (κ1) is 20.2. The average Bonchev–Trinajstić information content (AvgIpc) is 2.83. The number of hydrogen-bond acceptors (Lipinski definition) is 4. The summed E-state index contributed by atoms with van der Waals surface area (Å²) in [6, 6.07) is 11.6. The smallest absolute Gasteiger partial charge is 0.241 e. The van der Waals surface area contributed by atoms with Crippen LogP contribution in [0.1, 0.15) is 22.4 Å². The third-order valence-corrected chi connectivity index (χ3v) is 4.24. The van der Waals surface area contributed by atoms with Gasteiger partial charge in [-0.15, -0.1) is 24.8 Å². The van der Waals surface area contributed by atoms with E-state index in [1.807, 2.05) is 37.3 Å². The number of nitrogen functional groups attached to an aromatic ring is 1. The van der Waals surface area contributed by atoms with Gasteiger partial charge in [-0.1, -0.05) is 30.3 Å². The molecule has 0 bridgehead atoms. The summed E-state index contributed by atoms with van der Waals surface area (Å²) in [6.45, 7) is 2.29. The van der Waals surface area contributed by atoms with Gasteiger partial charge in [0, 0.05) is 12.2 Å². The fourth-order valence-electron chi connectivity index (χ4n) is 2.95. The lowest BCUT2D eigenvalue weighted by atomic mass is 9.96. The van der Waals surface area contributed by atoms with Crippen molar-refractivity contribution in [2.75, 3.05) is 5.73 Å². The van der Waals surface area contributed by atoms with Crippen LogP contribution in [0.4, 0.5) is 5.82 Å². The zero-order valence-corrected chi connectivity index (χ0v) is 15.0. The molecule has 0 spiro atoms. The van der Waals surface area contributed by atoms with Crippen molar-refractivity contribution in [2.24, 2.45) is 5.73 Å². The van der Waals surface area contributed by atoms with Crippen molar-refractivity contribution in [2.45, 2.75) is 31.8 Å². The van der Waals surface area contributed by atoms with Crippen molar-refractivity contribution >= 4 is 36.5 Å². The summed E-state index contributed by atoms with van der Waals surface area (Å²) in [5.74, 6) is 0.356. The Morgan fingerprint density at radius 1 is 1.17 bits per heavy atom. The summed E-state index contributed by atoms with van der Waals surface area (Å²) in [5, 5.41) is 2.93. The predicted octanol–water partition coefficient (Wildman–Crippen LogP) is 1.93. The molecule has 3 rings (SSSR count). The average molecular weight is 369 g/mol. The second kappa shape index (κ2) is 7.83. The Morgan fingerprint density at radius 2 is 1.75 bits per heavy atom. The SMILES string of the molecule is Cc1nc(N)ccc1CNC(=O)C1(N)Cc2ccccc2C1.Cl.Cl. The van der Waals surface area contributed by atoms with Crippen molar-refractivity contribution in [3.05, 3.63) is 58.8 Å². The van der Waals surface area contributed by atoms with Crippen molar-refractivity contribution in [1.82, 2.24) is 10.3 Å². The van der Waals surface area contributed by atoms with E-state index in [0.717, 1.165) is 22.4 Å². The van der Waals surface area contributed by atoms with Gasteiger partial charge in [0.05, 0.1) is 0 Å². The molecule has 0 aliphatic heterocycles. The van der Waals surface area contributed by atoms with Gasteiger partial charge >= 0.3 is 0 Å². The number of halogens is 2. The van der Waals surface area contributed by atoms with E-state index in [-0.39, 0.29) is 30.7 Å². The monoisotopic (exact) mass is 368 g/mol. The minimum absolute atomic E-state index is 0. The van der Waals surface area contributed by atoms with Gasteiger partial charge in [-0.05, 0) is 42.5 Å². The molecule has 2 aromatic rings. The number of pyridine rings is 1. The summed E-state index contributed by atoms with van der Waals surface area (Å²) in [6.07, 6.45) is 1.15. The van der Waals surface area contributed by atoms with E-state index in [9.17, 15) is 4.79 Å². The second-order valence-electron chi connectivity index (χ2n) is 5.94. The zero-order chi connectivity index (χ0) is 15.7. The normalized spacial score (nSPS) is 14.1. The van der Waals surface area contributed by atoms with Crippen molar-refractivity contribution < 1.29 is 4.79 Å². The minimum Gasteiger partial charge on any atom is -0.384 e. The Labute approximate surface area is 154 Å². The van der Waals surface area contributed by atoms with Crippen LogP contribution in [0.3, 0.4) is 0 Å². The number of carbonyl (C=O) groups excluding carboxylic acids is 1. The number of anilines is 1. The number of hydrogen-bond donors (Lipinski definition) is 3. The standard InChI is InChI=1S/C17H20N4O.2ClH/c1-11-14(6-7-15(18)21-11)10-20-16(22)17(19)8-12-4-2-3-5-13(12)9-17;;/h2-7H,8-10,19H2,1H3,(H2,18,21)(H,20,22);2*1H. The van der Waals surface area contributed by atoms with Crippen molar-refractivity contribution in [1.29, 1.82) is 0 Å². The molecule has 24 heavy (non-hydrogen) atoms. The van der Waals surface area contributed by atoms with E-state index in [0.29, 0.717) is 25.2 Å². The highest BCUT2D eigenvalue weighted by Crippen LogP contribution is 2.28. The van der Waals surface area contributed by atoms with Gasteiger partial charge < -0.3 is 16.8 Å². The summed E-state index contributed by atoms with van der Waals surface area (Å²) in [7, 11) is 0. The molecule has 1 aliphatic carbocycles. The molecule has 0 fully saturated rings. The minimum atomic E-state index is -0.862. The summed E-state index contributed by atoms with van der Waals surface area (Å²) >= 11 is 0. The van der Waals surface area contributed by atoms with E-state index in [1.54, 1.807) is 6.07 Å². The molecule has 0 saturated heterocycles. The lowest BCUT2D eigenvalue weighted by Gasteiger charge is -2.22. The van der Waals surface area contributed by atoms with Gasteiger partial charge in [0.2, 0.25) is 5.91 Å². The first-order valence-corrected chi connectivity index (χ1v) is 7.34. The van der Waals surface area contributed by atoms with Crippen LogP contribution in [0.5, 0.6) is 0 Å². The molecule has 130 valence electrons. The number of rotatable bonds is 3. The Bertz CT molecular complexity index is 711. The summed E-state index contributed by atoms with van der Waals surface area (Å²) in [5.41, 5.74) is 15.2. The van der Waals surface area contributed by atoms with Crippen LogP contribution in [0.15, 0.2) is 36.4 Å². The largest absolute Gasteiger partial charge is 0.384 e. The highest BCUT2D eigenvalue weighted by molar-refractivity contribution is 5.88. The molecular formula is C17H22Cl2N4O. The molecule has 5 nitrogen and oxygen atoms in total. The van der Waals surface area contributed by atoms with Crippen LogP contribution in [0.2, 0.25) is 0 Å². The van der Waals surface area contributed by atoms with Crippen LogP contribution in [-0.4, -0.2) is 16.4 Å². The van der Waals surface area contributed by atoms with E-state index >= 15 is 0 Å². The third-order valence-electron chi connectivity index (χ3n) is 4.24. The molecule has 1 heterocycles. The molecule has 1 aromatic carbocycles. The number of aromatic nitrogens is 1. The van der Waals surface area contributed by atoms with Gasteiger partial charge in [-0.3, -0.25) is 4.79 Å². The molecule has 0 atom stereocenters. The van der Waals surface area contributed by atoms with Gasteiger partial charge in [0.25, 0.3) is 0 Å². The number of nitrogens with two attached hydrogens (primary N) is 2. The fourth-order valence-corrected chi connectivity index (χ4v) is 2.95. The summed E-state index contributed by atoms with van der Waals surface area (Å²) in [4.78, 5) is 16.7. The summed E-state index contributed by atoms with van der Waals surface area (Å²) < 4.78 is 0. The van der Waals surface area contributed by atoms with E-state index < -0.39 is 5.54 Å². The number of aryl methyl sites for hydroxylation is 1. The molecule has 1 aromatic heterocycles. The van der Waals surface area contributed by atoms with Gasteiger partial charge in [0.1, 0.15) is 11.4 Å². The molecule has 0 unspecified atom stereocenters. The Morgan fingerprint density at radius 3 is 2.29 bits per heavy atom. The van der Waals surface area contributed by atoms with Crippen LogP contribution in [0, 0.1) is 6.92 Å². The number of nitrogens with zero attached hydrogens (tertiary/aromatic N) is 1. The zero-order valence-electron chi connectivity index (χ0n) is 13.4. The maximum absolute atomic E-state index is 12.5. The topological polar surface area (TPSA) is 94.0 Å². The highest BCUT2D eigenvalue weighted by Gasteiger charge is 2.39. The molecule has 0 radical (unpaired) electrons. The first-order valence-electron chi connectivity index (χ1n) is 7.34. The van der Waals surface area contributed by atoms with Crippen LogP contribution in [0.25, 0.3) is 0 Å². The lowest BCUT2D eigenvalue weighted by Crippen LogP contribution is -2.54. The third kappa shape index (κ3) is 3.98. The van der Waals surface area contributed by atoms with Crippen molar-refractivity contribution in [3.8, 4) is 0 Å². The highest BCUT2D eigenvalue weighted by atomic mass is 35.5. The van der Waals surface area contributed by atoms with Crippen LogP contribution >= 0.6 is 24.8 Å². The molecule has 1 aliphatic rings. The lowest BCUT2D eigenvalue weighted by molar-refractivity contribution is -0.126. The fraction of sp³-hybridized carbons (Fsp3) is 0.294. The number of nitrogens with one attached hydrogen (secondary N) is 1. The Hall–Kier alpha value is -1.82. The maximum Gasteiger partial charge on any atom is 0.241 e. The number of fused-ring (bicyclic) bond motifs is 1. The van der Waals surface area contributed by atoms with E-state index in [2.05, 4.69) is 10.3 Å². The first-order chi connectivity index (χ1) is 10.5. The van der Waals surface area contributed by atoms with Gasteiger partial charge in [0.15, 0.2) is 0 Å². The van der Waals surface area contributed by atoms with E-state index in [4.69, 9.17) is 11.5 Å². The van der Waals surface area contributed by atoms with Crippen LogP contribution in [-0.2, 0) is 24.2 Å².